The van der Waals surface area contributed by atoms with Gasteiger partial charge >= 0.3 is 0 Å². The molecule has 6 heteroatoms. The van der Waals surface area contributed by atoms with Gasteiger partial charge in [-0.25, -0.2) is 0 Å². The molecule has 0 saturated carbocycles. The van der Waals surface area contributed by atoms with Crippen LogP contribution in [0.15, 0.2) is 47.3 Å². The van der Waals surface area contributed by atoms with E-state index in [1.165, 1.54) is 0 Å². The monoisotopic (exact) mass is 419 g/mol. The predicted molar refractivity (Wildman–Crippen MR) is 121 cm³/mol. The minimum atomic E-state index is -0.913. The van der Waals surface area contributed by atoms with Gasteiger partial charge in [-0.15, -0.1) is 0 Å². The fourth-order valence-corrected chi connectivity index (χ4v) is 4.78. The molecule has 2 atom stereocenters. The van der Waals surface area contributed by atoms with Crippen LogP contribution in [0.25, 0.3) is 32.6 Å². The Kier molecular flexibility index (Phi) is 4.29. The molecule has 5 rings (SSSR count). The van der Waals surface area contributed by atoms with E-state index in [2.05, 4.69) is 0 Å². The highest BCUT2D eigenvalue weighted by atomic mass is 16.5. The van der Waals surface area contributed by atoms with Gasteiger partial charge in [0.25, 0.3) is 0 Å². The zero-order chi connectivity index (χ0) is 22.1. The maximum Gasteiger partial charge on any atom is 0.201 e. The van der Waals surface area contributed by atoms with Crippen molar-refractivity contribution in [2.75, 3.05) is 14.2 Å². The first-order valence-corrected chi connectivity index (χ1v) is 10.2. The standard InChI is InChI=1S/C25H25NO5/c1-25(2)24(28)23(30-5)20-18(31-25)12-17(29-4)19-21(20)26(3)16-11-14-9-7-6-8-13(14)10-15(16)22(19)27/h6-12,23-24,28H,1-5H3/t23-,24-/m1/s1. The number of hydrogen-bond acceptors (Lipinski definition) is 5. The van der Waals surface area contributed by atoms with Gasteiger partial charge in [0.15, 0.2) is 0 Å². The van der Waals surface area contributed by atoms with Crippen molar-refractivity contribution >= 4 is 32.6 Å². The van der Waals surface area contributed by atoms with Crippen molar-refractivity contribution in [1.82, 2.24) is 4.57 Å². The third kappa shape index (κ3) is 2.68. The summed E-state index contributed by atoms with van der Waals surface area (Å²) in [5.74, 6) is 0.980. The predicted octanol–water partition coefficient (Wildman–Crippen LogP) is 4.07. The smallest absolute Gasteiger partial charge is 0.201 e. The lowest BCUT2D eigenvalue weighted by molar-refractivity contribution is -0.123. The maximum atomic E-state index is 13.7. The normalized spacial score (nSPS) is 20.1. The van der Waals surface area contributed by atoms with Gasteiger partial charge in [-0.05, 0) is 36.8 Å². The number of aliphatic hydroxyl groups is 1. The van der Waals surface area contributed by atoms with Gasteiger partial charge in [0.1, 0.15) is 29.3 Å². The zero-order valence-corrected chi connectivity index (χ0v) is 18.2. The molecule has 0 bridgehead atoms. The Morgan fingerprint density at radius 3 is 2.42 bits per heavy atom. The lowest BCUT2D eigenvalue weighted by Crippen LogP contribution is -2.49. The third-order valence-corrected chi connectivity index (χ3v) is 6.43. The molecule has 0 unspecified atom stereocenters. The molecule has 0 spiro atoms. The van der Waals surface area contributed by atoms with Crippen LogP contribution >= 0.6 is 0 Å². The number of benzene rings is 3. The second kappa shape index (κ2) is 6.70. The number of nitrogens with zero attached hydrogens (tertiary/aromatic N) is 1. The Labute approximate surface area is 179 Å². The summed E-state index contributed by atoms with van der Waals surface area (Å²) in [4.78, 5) is 13.7. The van der Waals surface area contributed by atoms with E-state index in [1.807, 2.05) is 61.9 Å². The van der Waals surface area contributed by atoms with Crippen LogP contribution in [0.2, 0.25) is 0 Å². The summed E-state index contributed by atoms with van der Waals surface area (Å²) in [6.07, 6.45) is -1.57. The van der Waals surface area contributed by atoms with Crippen molar-refractivity contribution < 1.29 is 19.3 Å². The van der Waals surface area contributed by atoms with Gasteiger partial charge in [-0.2, -0.15) is 0 Å². The van der Waals surface area contributed by atoms with Crippen molar-refractivity contribution in [3.8, 4) is 11.5 Å². The summed E-state index contributed by atoms with van der Waals surface area (Å²) in [5.41, 5.74) is 1.10. The molecular formula is C25H25NO5. The summed E-state index contributed by atoms with van der Waals surface area (Å²) in [6, 6.07) is 13.6. The van der Waals surface area contributed by atoms with E-state index in [1.54, 1.807) is 20.3 Å². The molecule has 1 aromatic heterocycles. The number of aliphatic hydroxyl groups excluding tert-OH is 1. The van der Waals surface area contributed by atoms with Crippen LogP contribution in [0.5, 0.6) is 11.5 Å². The highest BCUT2D eigenvalue weighted by Crippen LogP contribution is 2.47. The van der Waals surface area contributed by atoms with Crippen LogP contribution < -0.4 is 14.9 Å². The van der Waals surface area contributed by atoms with Crippen LogP contribution in [-0.4, -0.2) is 35.6 Å². The highest BCUT2D eigenvalue weighted by Gasteiger charge is 2.45. The van der Waals surface area contributed by atoms with Crippen molar-refractivity contribution in [1.29, 1.82) is 0 Å². The first kappa shape index (κ1) is 19.8. The Morgan fingerprint density at radius 1 is 1.10 bits per heavy atom. The summed E-state index contributed by atoms with van der Waals surface area (Å²) in [6.45, 7) is 3.63. The van der Waals surface area contributed by atoms with Crippen LogP contribution in [0.3, 0.4) is 0 Å². The number of ether oxygens (including phenoxy) is 3. The zero-order valence-electron chi connectivity index (χ0n) is 18.2. The van der Waals surface area contributed by atoms with E-state index in [0.717, 1.165) is 16.3 Å². The molecule has 1 N–H and O–H groups in total. The van der Waals surface area contributed by atoms with Crippen molar-refractivity contribution in [2.24, 2.45) is 7.05 Å². The van der Waals surface area contributed by atoms with E-state index in [4.69, 9.17) is 14.2 Å². The fraction of sp³-hybridized carbons (Fsp3) is 0.320. The summed E-state index contributed by atoms with van der Waals surface area (Å²) in [5, 5.41) is 14.1. The minimum absolute atomic E-state index is 0.123. The number of aryl methyl sites for hydroxylation is 1. The molecule has 0 amide bonds. The quantitative estimate of drug-likeness (QED) is 0.496. The Morgan fingerprint density at radius 2 is 1.77 bits per heavy atom. The van der Waals surface area contributed by atoms with Crippen molar-refractivity contribution in [3.05, 3.63) is 58.3 Å². The molecule has 4 aromatic rings. The van der Waals surface area contributed by atoms with Crippen molar-refractivity contribution in [2.45, 2.75) is 31.7 Å². The average Bonchev–Trinajstić information content (AvgIpc) is 2.76. The first-order valence-electron chi connectivity index (χ1n) is 10.2. The van der Waals surface area contributed by atoms with E-state index >= 15 is 0 Å². The molecule has 0 fully saturated rings. The SMILES string of the molecule is COc1cc2c(c3c1c(=O)c1cc4ccccc4cc1n3C)[C@@H](OC)[C@@H](O)C(C)(C)O2. The van der Waals surface area contributed by atoms with Gasteiger partial charge in [0.2, 0.25) is 5.43 Å². The Bertz CT molecular complexity index is 1420. The number of aromatic nitrogens is 1. The van der Waals surface area contributed by atoms with Gasteiger partial charge in [-0.1, -0.05) is 24.3 Å². The molecule has 6 nitrogen and oxygen atoms in total. The Hall–Kier alpha value is -3.09. The van der Waals surface area contributed by atoms with Gasteiger partial charge in [0, 0.05) is 25.6 Å². The lowest BCUT2D eigenvalue weighted by Gasteiger charge is -2.42. The number of rotatable bonds is 2. The molecule has 1 aliphatic rings. The van der Waals surface area contributed by atoms with Crippen LogP contribution in [0.4, 0.5) is 0 Å². The third-order valence-electron chi connectivity index (χ3n) is 6.43. The highest BCUT2D eigenvalue weighted by molar-refractivity contribution is 6.04. The van der Waals surface area contributed by atoms with E-state index in [9.17, 15) is 9.90 Å². The average molecular weight is 419 g/mol. The van der Waals surface area contributed by atoms with E-state index in [-0.39, 0.29) is 5.43 Å². The second-order valence-electron chi connectivity index (χ2n) is 8.63. The number of methoxy groups -OCH3 is 2. The maximum absolute atomic E-state index is 13.7. The molecule has 31 heavy (non-hydrogen) atoms. The van der Waals surface area contributed by atoms with Crippen molar-refractivity contribution in [3.63, 3.8) is 0 Å². The van der Waals surface area contributed by atoms with E-state index in [0.29, 0.717) is 33.4 Å². The second-order valence-corrected chi connectivity index (χ2v) is 8.63. The van der Waals surface area contributed by atoms with Crippen LogP contribution in [0, 0.1) is 0 Å². The minimum Gasteiger partial charge on any atom is -0.496 e. The largest absolute Gasteiger partial charge is 0.496 e. The molecular weight excluding hydrogens is 394 g/mol. The molecule has 3 aromatic carbocycles. The first-order chi connectivity index (χ1) is 14.8. The van der Waals surface area contributed by atoms with E-state index < -0.39 is 17.8 Å². The topological polar surface area (TPSA) is 69.9 Å². The molecule has 0 saturated heterocycles. The summed E-state index contributed by atoms with van der Waals surface area (Å²) >= 11 is 0. The molecule has 160 valence electrons. The lowest BCUT2D eigenvalue weighted by atomic mass is 9.86. The number of hydrogen-bond donors (Lipinski definition) is 1. The van der Waals surface area contributed by atoms with Gasteiger partial charge in [0.05, 0.1) is 29.1 Å². The molecule has 0 radical (unpaired) electrons. The fourth-order valence-electron chi connectivity index (χ4n) is 4.78. The van der Waals surface area contributed by atoms with Crippen LogP contribution in [-0.2, 0) is 11.8 Å². The van der Waals surface area contributed by atoms with Crippen LogP contribution in [0.1, 0.15) is 25.5 Å². The molecule has 2 heterocycles. The number of pyridine rings is 1. The Balaban J connectivity index is 2.01. The van der Waals surface area contributed by atoms with Gasteiger partial charge < -0.3 is 23.9 Å². The molecule has 0 aliphatic carbocycles. The summed E-state index contributed by atoms with van der Waals surface area (Å²) < 4.78 is 19.5. The number of fused-ring (bicyclic) bond motifs is 5. The molecule has 1 aliphatic heterocycles. The summed E-state index contributed by atoms with van der Waals surface area (Å²) in [7, 11) is 5.01. The van der Waals surface area contributed by atoms with Gasteiger partial charge in [-0.3, -0.25) is 4.79 Å².